The molecule has 22 heavy (non-hydrogen) atoms. The average Bonchev–Trinajstić information content (AvgIpc) is 3.00. The van der Waals surface area contributed by atoms with E-state index < -0.39 is 0 Å². The van der Waals surface area contributed by atoms with Crippen molar-refractivity contribution in [1.29, 1.82) is 0 Å². The number of amides is 1. The normalized spacial score (nSPS) is 27.5. The van der Waals surface area contributed by atoms with Gasteiger partial charge in [-0.25, -0.2) is 0 Å². The number of hydrogen-bond acceptors (Lipinski definition) is 2. The molecular weight excluding hydrogens is 274 g/mol. The molecule has 0 atom stereocenters. The molecule has 1 aromatic carbocycles. The SMILES string of the molecule is Cc1cccc(C2(C(=O)NC3CCC(O)CC3)CCCC2)c1. The number of benzene rings is 1. The highest BCUT2D eigenvalue weighted by molar-refractivity contribution is 5.88. The van der Waals surface area contributed by atoms with Crippen LogP contribution in [0, 0.1) is 6.92 Å². The highest BCUT2D eigenvalue weighted by Crippen LogP contribution is 2.42. The van der Waals surface area contributed by atoms with Crippen LogP contribution in [0.3, 0.4) is 0 Å². The summed E-state index contributed by atoms with van der Waals surface area (Å²) < 4.78 is 0. The van der Waals surface area contributed by atoms with Gasteiger partial charge in [0.05, 0.1) is 11.5 Å². The van der Waals surface area contributed by atoms with Gasteiger partial charge in [-0.2, -0.15) is 0 Å². The predicted octanol–water partition coefficient (Wildman–Crippen LogP) is 3.23. The summed E-state index contributed by atoms with van der Waals surface area (Å²) in [6.07, 6.45) is 7.41. The van der Waals surface area contributed by atoms with Crippen molar-refractivity contribution in [1.82, 2.24) is 5.32 Å². The lowest BCUT2D eigenvalue weighted by Gasteiger charge is -2.33. The van der Waals surface area contributed by atoms with Crippen LogP contribution < -0.4 is 5.32 Å². The van der Waals surface area contributed by atoms with Crippen LogP contribution in [0.5, 0.6) is 0 Å². The highest BCUT2D eigenvalue weighted by Gasteiger charge is 2.43. The first kappa shape index (κ1) is 15.5. The Morgan fingerprint density at radius 1 is 1.18 bits per heavy atom. The van der Waals surface area contributed by atoms with E-state index in [2.05, 4.69) is 36.5 Å². The Bertz CT molecular complexity index is 526. The minimum atomic E-state index is -0.331. The topological polar surface area (TPSA) is 49.3 Å². The molecule has 3 nitrogen and oxygen atoms in total. The number of rotatable bonds is 3. The highest BCUT2D eigenvalue weighted by atomic mass is 16.3. The van der Waals surface area contributed by atoms with Crippen LogP contribution in [-0.4, -0.2) is 23.2 Å². The maximum atomic E-state index is 13.1. The molecule has 2 N–H and O–H groups in total. The van der Waals surface area contributed by atoms with Crippen LogP contribution in [-0.2, 0) is 10.2 Å². The molecule has 120 valence electrons. The van der Waals surface area contributed by atoms with Crippen molar-refractivity contribution in [3.63, 3.8) is 0 Å². The van der Waals surface area contributed by atoms with Crippen LogP contribution in [0.4, 0.5) is 0 Å². The summed E-state index contributed by atoms with van der Waals surface area (Å²) in [7, 11) is 0. The van der Waals surface area contributed by atoms with Crippen LogP contribution in [0.2, 0.25) is 0 Å². The van der Waals surface area contributed by atoms with Gasteiger partial charge < -0.3 is 10.4 Å². The minimum absolute atomic E-state index is 0.176. The van der Waals surface area contributed by atoms with E-state index >= 15 is 0 Å². The number of carbonyl (C=O) groups is 1. The van der Waals surface area contributed by atoms with E-state index in [1.165, 1.54) is 11.1 Å². The molecule has 1 aromatic rings. The average molecular weight is 301 g/mol. The van der Waals surface area contributed by atoms with Crippen molar-refractivity contribution in [2.75, 3.05) is 0 Å². The summed E-state index contributed by atoms with van der Waals surface area (Å²) in [6, 6.07) is 8.68. The van der Waals surface area contributed by atoms with Crippen molar-refractivity contribution in [2.45, 2.75) is 75.9 Å². The lowest BCUT2D eigenvalue weighted by Crippen LogP contribution is -2.48. The van der Waals surface area contributed by atoms with E-state index in [1.54, 1.807) is 0 Å². The van der Waals surface area contributed by atoms with Crippen molar-refractivity contribution >= 4 is 5.91 Å². The Balaban J connectivity index is 1.77. The van der Waals surface area contributed by atoms with Crippen molar-refractivity contribution < 1.29 is 9.90 Å². The molecular formula is C19H27NO2. The summed E-state index contributed by atoms with van der Waals surface area (Å²) in [5.74, 6) is 0.206. The maximum absolute atomic E-state index is 13.1. The summed E-state index contributed by atoms with van der Waals surface area (Å²) in [5, 5.41) is 12.9. The van der Waals surface area contributed by atoms with Gasteiger partial charge in [0.15, 0.2) is 0 Å². The van der Waals surface area contributed by atoms with Gasteiger partial charge in [-0.3, -0.25) is 4.79 Å². The Morgan fingerprint density at radius 3 is 2.50 bits per heavy atom. The molecule has 0 radical (unpaired) electrons. The summed E-state index contributed by atoms with van der Waals surface area (Å²) in [4.78, 5) is 13.1. The molecule has 0 aliphatic heterocycles. The quantitative estimate of drug-likeness (QED) is 0.900. The number of aryl methyl sites for hydroxylation is 1. The van der Waals surface area contributed by atoms with Crippen LogP contribution in [0.25, 0.3) is 0 Å². The number of hydrogen-bond donors (Lipinski definition) is 2. The second-order valence-corrected chi connectivity index (χ2v) is 7.14. The monoisotopic (exact) mass is 301 g/mol. The van der Waals surface area contributed by atoms with Gasteiger partial charge in [-0.15, -0.1) is 0 Å². The van der Waals surface area contributed by atoms with Gasteiger partial charge in [0, 0.05) is 6.04 Å². The zero-order chi connectivity index (χ0) is 15.6. The minimum Gasteiger partial charge on any atom is -0.393 e. The van der Waals surface area contributed by atoms with Gasteiger partial charge in [0.1, 0.15) is 0 Å². The van der Waals surface area contributed by atoms with Crippen LogP contribution in [0.15, 0.2) is 24.3 Å². The lowest BCUT2D eigenvalue weighted by molar-refractivity contribution is -0.127. The fourth-order valence-electron chi connectivity index (χ4n) is 4.11. The maximum Gasteiger partial charge on any atom is 0.230 e. The molecule has 0 bridgehead atoms. The van der Waals surface area contributed by atoms with E-state index in [9.17, 15) is 9.90 Å². The third-order valence-corrected chi connectivity index (χ3v) is 5.49. The van der Waals surface area contributed by atoms with Crippen molar-refractivity contribution in [3.8, 4) is 0 Å². The molecule has 0 saturated heterocycles. The smallest absolute Gasteiger partial charge is 0.230 e. The molecule has 2 fully saturated rings. The standard InChI is InChI=1S/C19H27NO2/c1-14-5-4-6-15(13-14)19(11-2-3-12-19)18(22)20-16-7-9-17(21)10-8-16/h4-6,13,16-17,21H,2-3,7-12H2,1H3,(H,20,22). The Hall–Kier alpha value is -1.35. The van der Waals surface area contributed by atoms with E-state index in [1.807, 2.05) is 0 Å². The summed E-state index contributed by atoms with van der Waals surface area (Å²) in [5.41, 5.74) is 2.07. The third-order valence-electron chi connectivity index (χ3n) is 5.49. The molecule has 3 heteroatoms. The van der Waals surface area contributed by atoms with Gasteiger partial charge in [-0.1, -0.05) is 42.7 Å². The Kier molecular flexibility index (Phi) is 4.53. The van der Waals surface area contributed by atoms with E-state index in [4.69, 9.17) is 0 Å². The molecule has 1 amide bonds. The van der Waals surface area contributed by atoms with E-state index in [0.29, 0.717) is 0 Å². The molecule has 0 spiro atoms. The first-order chi connectivity index (χ1) is 10.6. The largest absolute Gasteiger partial charge is 0.393 e. The van der Waals surface area contributed by atoms with Crippen molar-refractivity contribution in [3.05, 3.63) is 35.4 Å². The molecule has 0 heterocycles. The molecule has 2 aliphatic carbocycles. The van der Waals surface area contributed by atoms with E-state index in [-0.39, 0.29) is 23.5 Å². The molecule has 2 aliphatic rings. The van der Waals surface area contributed by atoms with Crippen LogP contribution >= 0.6 is 0 Å². The summed E-state index contributed by atoms with van der Waals surface area (Å²) in [6.45, 7) is 2.09. The predicted molar refractivity (Wildman–Crippen MR) is 87.7 cm³/mol. The second kappa shape index (κ2) is 6.41. The lowest BCUT2D eigenvalue weighted by atomic mass is 9.77. The fourth-order valence-corrected chi connectivity index (χ4v) is 4.11. The molecule has 3 rings (SSSR count). The number of aliphatic hydroxyl groups is 1. The van der Waals surface area contributed by atoms with Crippen LogP contribution in [0.1, 0.15) is 62.5 Å². The Morgan fingerprint density at radius 2 is 1.86 bits per heavy atom. The second-order valence-electron chi connectivity index (χ2n) is 7.14. The first-order valence-corrected chi connectivity index (χ1v) is 8.66. The van der Waals surface area contributed by atoms with Gasteiger partial charge in [0.2, 0.25) is 5.91 Å². The fraction of sp³-hybridized carbons (Fsp3) is 0.632. The van der Waals surface area contributed by atoms with Gasteiger partial charge in [-0.05, 0) is 51.0 Å². The van der Waals surface area contributed by atoms with Gasteiger partial charge in [0.25, 0.3) is 0 Å². The first-order valence-electron chi connectivity index (χ1n) is 8.66. The van der Waals surface area contributed by atoms with Gasteiger partial charge >= 0.3 is 0 Å². The summed E-state index contributed by atoms with van der Waals surface area (Å²) >= 11 is 0. The number of aliphatic hydroxyl groups excluding tert-OH is 1. The number of nitrogens with one attached hydrogen (secondary N) is 1. The number of carbonyl (C=O) groups excluding carboxylic acids is 1. The molecule has 2 saturated carbocycles. The molecule has 0 unspecified atom stereocenters. The Labute approximate surface area is 133 Å². The van der Waals surface area contributed by atoms with Crippen molar-refractivity contribution in [2.24, 2.45) is 0 Å². The zero-order valence-corrected chi connectivity index (χ0v) is 13.5. The van der Waals surface area contributed by atoms with E-state index in [0.717, 1.165) is 51.4 Å². The molecule has 0 aromatic heterocycles. The third kappa shape index (κ3) is 3.05. The zero-order valence-electron chi connectivity index (χ0n) is 13.5.